The molecular weight excluding hydrogens is 320 g/mol. The van der Waals surface area contributed by atoms with E-state index < -0.39 is 0 Å². The molecule has 0 spiro atoms. The highest BCUT2D eigenvalue weighted by Crippen LogP contribution is 2.15. The molecule has 3 rings (SSSR count). The Labute approximate surface area is 140 Å². The van der Waals surface area contributed by atoms with E-state index in [4.69, 9.17) is 0 Å². The summed E-state index contributed by atoms with van der Waals surface area (Å²) in [5, 5.41) is 10.5. The predicted octanol–water partition coefficient (Wildman–Crippen LogP) is 2.33. The number of thioether (sulfide) groups is 1. The minimum Gasteiger partial charge on any atom is -0.326 e. The summed E-state index contributed by atoms with van der Waals surface area (Å²) in [6, 6.07) is 9.85. The molecule has 1 amide bonds. The van der Waals surface area contributed by atoms with Crippen LogP contribution in [-0.2, 0) is 4.79 Å². The summed E-state index contributed by atoms with van der Waals surface area (Å²) >= 11 is 1.90. The van der Waals surface area contributed by atoms with E-state index in [2.05, 4.69) is 15.7 Å². The van der Waals surface area contributed by atoms with Crippen LogP contribution >= 0.6 is 24.2 Å². The van der Waals surface area contributed by atoms with Gasteiger partial charge in [-0.2, -0.15) is 16.9 Å². The van der Waals surface area contributed by atoms with E-state index in [9.17, 15) is 4.79 Å². The highest BCUT2D eigenvalue weighted by Gasteiger charge is 2.16. The lowest BCUT2D eigenvalue weighted by Gasteiger charge is -2.22. The number of amides is 1. The smallest absolute Gasteiger partial charge is 0.225 e. The van der Waals surface area contributed by atoms with Crippen LogP contribution < -0.4 is 10.6 Å². The first-order chi connectivity index (χ1) is 10.3. The number of carbonyl (C=O) groups excluding carboxylic acids is 1. The zero-order valence-electron chi connectivity index (χ0n) is 12.1. The summed E-state index contributed by atoms with van der Waals surface area (Å²) in [5.74, 6) is 2.18. The van der Waals surface area contributed by atoms with Crippen LogP contribution in [0, 0.1) is 0 Å². The Hall–Kier alpha value is -1.50. The molecule has 1 saturated heterocycles. The summed E-state index contributed by atoms with van der Waals surface area (Å²) in [4.78, 5) is 12.1. The minimum atomic E-state index is 0. The van der Waals surface area contributed by atoms with Crippen molar-refractivity contribution in [2.45, 2.75) is 12.5 Å². The SMILES string of the molecule is Cl.O=C(CC1CSCCN1)Nc1cccc(-n2cccn2)c1. The fourth-order valence-corrected chi connectivity index (χ4v) is 3.28. The van der Waals surface area contributed by atoms with Gasteiger partial charge in [0.1, 0.15) is 0 Å². The van der Waals surface area contributed by atoms with Gasteiger partial charge < -0.3 is 10.6 Å². The third-order valence-electron chi connectivity index (χ3n) is 3.33. The Balaban J connectivity index is 0.00000176. The molecule has 2 heterocycles. The van der Waals surface area contributed by atoms with Crippen LogP contribution in [0.3, 0.4) is 0 Å². The minimum absolute atomic E-state index is 0. The molecule has 7 heteroatoms. The van der Waals surface area contributed by atoms with Gasteiger partial charge in [0.05, 0.1) is 5.69 Å². The van der Waals surface area contributed by atoms with Gasteiger partial charge in [-0.3, -0.25) is 4.79 Å². The van der Waals surface area contributed by atoms with E-state index in [1.54, 1.807) is 10.9 Å². The lowest BCUT2D eigenvalue weighted by atomic mass is 10.2. The molecule has 0 radical (unpaired) electrons. The van der Waals surface area contributed by atoms with Gasteiger partial charge >= 0.3 is 0 Å². The van der Waals surface area contributed by atoms with E-state index in [1.165, 1.54) is 0 Å². The molecule has 1 aromatic heterocycles. The van der Waals surface area contributed by atoms with Gasteiger partial charge in [0.15, 0.2) is 0 Å². The molecule has 1 unspecified atom stereocenters. The van der Waals surface area contributed by atoms with E-state index in [0.29, 0.717) is 6.42 Å². The van der Waals surface area contributed by atoms with Crippen LogP contribution in [0.4, 0.5) is 5.69 Å². The average molecular weight is 339 g/mol. The molecule has 22 heavy (non-hydrogen) atoms. The Morgan fingerprint density at radius 1 is 1.45 bits per heavy atom. The first-order valence-electron chi connectivity index (χ1n) is 7.02. The maximum Gasteiger partial charge on any atom is 0.225 e. The number of hydrogen-bond acceptors (Lipinski definition) is 4. The van der Waals surface area contributed by atoms with Crippen molar-refractivity contribution in [2.24, 2.45) is 0 Å². The van der Waals surface area contributed by atoms with Crippen LogP contribution in [0.25, 0.3) is 5.69 Å². The van der Waals surface area contributed by atoms with Crippen molar-refractivity contribution >= 4 is 35.8 Å². The maximum absolute atomic E-state index is 12.1. The second-order valence-corrected chi connectivity index (χ2v) is 6.13. The number of rotatable bonds is 4. The normalized spacial score (nSPS) is 17.5. The van der Waals surface area contributed by atoms with Crippen molar-refractivity contribution in [3.63, 3.8) is 0 Å². The summed E-state index contributed by atoms with van der Waals surface area (Å²) in [5.41, 5.74) is 1.74. The number of halogens is 1. The van der Waals surface area contributed by atoms with Crippen LogP contribution in [0.2, 0.25) is 0 Å². The molecule has 0 bridgehead atoms. The molecule has 1 aromatic carbocycles. The monoisotopic (exact) mass is 338 g/mol. The molecule has 1 aliphatic rings. The molecule has 118 valence electrons. The predicted molar refractivity (Wildman–Crippen MR) is 93.2 cm³/mol. The number of hydrogen-bond donors (Lipinski definition) is 2. The van der Waals surface area contributed by atoms with E-state index in [1.807, 2.05) is 48.3 Å². The van der Waals surface area contributed by atoms with Crippen LogP contribution in [0.1, 0.15) is 6.42 Å². The average Bonchev–Trinajstić information content (AvgIpc) is 3.02. The second kappa shape index (κ2) is 8.22. The van der Waals surface area contributed by atoms with E-state index in [0.717, 1.165) is 29.4 Å². The Morgan fingerprint density at radius 2 is 2.36 bits per heavy atom. The third-order valence-corrected chi connectivity index (χ3v) is 4.46. The van der Waals surface area contributed by atoms with Crippen molar-refractivity contribution in [3.05, 3.63) is 42.7 Å². The van der Waals surface area contributed by atoms with Gasteiger partial charge in [-0.05, 0) is 24.3 Å². The molecule has 2 N–H and O–H groups in total. The lowest BCUT2D eigenvalue weighted by molar-refractivity contribution is -0.116. The highest BCUT2D eigenvalue weighted by atomic mass is 35.5. The molecule has 1 atom stereocenters. The molecule has 0 aliphatic carbocycles. The Bertz CT molecular complexity index is 599. The molecule has 1 fully saturated rings. The third kappa shape index (κ3) is 4.50. The highest BCUT2D eigenvalue weighted by molar-refractivity contribution is 7.99. The first-order valence-corrected chi connectivity index (χ1v) is 8.18. The van der Waals surface area contributed by atoms with Crippen molar-refractivity contribution in [1.29, 1.82) is 0 Å². The summed E-state index contributed by atoms with van der Waals surface area (Å²) in [6.07, 6.45) is 4.13. The zero-order chi connectivity index (χ0) is 14.5. The molecule has 1 aliphatic heterocycles. The number of nitrogens with one attached hydrogen (secondary N) is 2. The first kappa shape index (κ1) is 16.9. The Morgan fingerprint density at radius 3 is 3.09 bits per heavy atom. The summed E-state index contributed by atoms with van der Waals surface area (Å²) < 4.78 is 1.77. The molecular formula is C15H19ClN4OS. The fourth-order valence-electron chi connectivity index (χ4n) is 2.33. The summed E-state index contributed by atoms with van der Waals surface area (Å²) in [6.45, 7) is 0.984. The Kier molecular flexibility index (Phi) is 6.30. The second-order valence-electron chi connectivity index (χ2n) is 4.98. The van der Waals surface area contributed by atoms with Gasteiger partial charge in [-0.1, -0.05) is 6.07 Å². The van der Waals surface area contributed by atoms with Gasteiger partial charge in [0.25, 0.3) is 0 Å². The number of aromatic nitrogens is 2. The lowest BCUT2D eigenvalue weighted by Crippen LogP contribution is -2.39. The maximum atomic E-state index is 12.1. The number of anilines is 1. The van der Waals surface area contributed by atoms with Crippen molar-refractivity contribution in [2.75, 3.05) is 23.4 Å². The van der Waals surface area contributed by atoms with E-state index in [-0.39, 0.29) is 24.4 Å². The molecule has 0 saturated carbocycles. The van der Waals surface area contributed by atoms with E-state index >= 15 is 0 Å². The van der Waals surface area contributed by atoms with Crippen LogP contribution in [0.5, 0.6) is 0 Å². The molecule has 5 nitrogen and oxygen atoms in total. The van der Waals surface area contributed by atoms with Crippen LogP contribution in [-0.4, -0.2) is 39.8 Å². The van der Waals surface area contributed by atoms with Crippen molar-refractivity contribution in [1.82, 2.24) is 15.1 Å². The standard InChI is InChI=1S/C15H18N4OS.ClH/c20-15(10-13-11-21-8-6-16-13)18-12-3-1-4-14(9-12)19-7-2-5-17-19;/h1-5,7,9,13,16H,6,8,10-11H2,(H,18,20);1H. The van der Waals surface area contributed by atoms with Gasteiger partial charge in [0.2, 0.25) is 5.91 Å². The fraction of sp³-hybridized carbons (Fsp3) is 0.333. The van der Waals surface area contributed by atoms with Gasteiger partial charge in [-0.15, -0.1) is 12.4 Å². The zero-order valence-corrected chi connectivity index (χ0v) is 13.7. The van der Waals surface area contributed by atoms with Crippen molar-refractivity contribution < 1.29 is 4.79 Å². The molecule has 2 aromatic rings. The number of benzene rings is 1. The quantitative estimate of drug-likeness (QED) is 0.898. The largest absolute Gasteiger partial charge is 0.326 e. The van der Waals surface area contributed by atoms with Gasteiger partial charge in [-0.25, -0.2) is 4.68 Å². The number of carbonyl (C=O) groups is 1. The van der Waals surface area contributed by atoms with Gasteiger partial charge in [0, 0.05) is 48.6 Å². The summed E-state index contributed by atoms with van der Waals surface area (Å²) in [7, 11) is 0. The van der Waals surface area contributed by atoms with Crippen LogP contribution in [0.15, 0.2) is 42.7 Å². The topological polar surface area (TPSA) is 59.0 Å². The van der Waals surface area contributed by atoms with Crippen molar-refractivity contribution in [3.8, 4) is 5.69 Å². The number of nitrogens with zero attached hydrogens (tertiary/aromatic N) is 2.